The van der Waals surface area contributed by atoms with E-state index in [0.29, 0.717) is 16.4 Å². The summed E-state index contributed by atoms with van der Waals surface area (Å²) < 4.78 is 0. The summed E-state index contributed by atoms with van der Waals surface area (Å²) in [6.45, 7) is 0. The molecule has 0 fully saturated rings. The number of hydrogen-bond donors (Lipinski definition) is 1. The lowest BCUT2D eigenvalue weighted by Crippen LogP contribution is -2.04. The fraction of sp³-hybridized carbons (Fsp3) is 0. The SMILES string of the molecule is O=c1cccc(-c2ccc(Cl)c(Cl)n2)[nH]1. The lowest BCUT2D eigenvalue weighted by atomic mass is 10.2. The van der Waals surface area contributed by atoms with Crippen molar-refractivity contribution < 1.29 is 0 Å². The van der Waals surface area contributed by atoms with Crippen molar-refractivity contribution in [1.29, 1.82) is 0 Å². The molecule has 0 aliphatic rings. The van der Waals surface area contributed by atoms with Gasteiger partial charge in [-0.1, -0.05) is 29.3 Å². The van der Waals surface area contributed by atoms with Gasteiger partial charge in [0.15, 0.2) is 0 Å². The molecule has 1 N–H and O–H groups in total. The third-order valence-corrected chi connectivity index (χ3v) is 2.54. The second kappa shape index (κ2) is 4.04. The topological polar surface area (TPSA) is 45.8 Å². The highest BCUT2D eigenvalue weighted by Gasteiger charge is 2.03. The Balaban J connectivity index is 2.55. The van der Waals surface area contributed by atoms with E-state index in [2.05, 4.69) is 9.97 Å². The summed E-state index contributed by atoms with van der Waals surface area (Å²) in [5.74, 6) is 0. The van der Waals surface area contributed by atoms with E-state index in [1.54, 1.807) is 24.3 Å². The van der Waals surface area contributed by atoms with Crippen molar-refractivity contribution in [2.45, 2.75) is 0 Å². The standard InChI is InChI=1S/C10H6Cl2N2O/c11-6-4-5-8(14-10(6)12)7-2-1-3-9(15)13-7/h1-5H,(H,13,15). The van der Waals surface area contributed by atoms with Crippen LogP contribution in [-0.2, 0) is 0 Å². The molecule has 0 saturated carbocycles. The van der Waals surface area contributed by atoms with Gasteiger partial charge in [-0.25, -0.2) is 4.98 Å². The van der Waals surface area contributed by atoms with Crippen LogP contribution in [0.1, 0.15) is 0 Å². The minimum absolute atomic E-state index is 0.180. The summed E-state index contributed by atoms with van der Waals surface area (Å²) in [6, 6.07) is 8.16. The highest BCUT2D eigenvalue weighted by atomic mass is 35.5. The molecule has 0 saturated heterocycles. The predicted octanol–water partition coefficient (Wildman–Crippen LogP) is 2.74. The minimum atomic E-state index is -0.180. The van der Waals surface area contributed by atoms with Gasteiger partial charge in [0.05, 0.1) is 16.4 Å². The monoisotopic (exact) mass is 240 g/mol. The molecule has 15 heavy (non-hydrogen) atoms. The van der Waals surface area contributed by atoms with Crippen molar-refractivity contribution in [3.05, 3.63) is 50.9 Å². The quantitative estimate of drug-likeness (QED) is 0.780. The summed E-state index contributed by atoms with van der Waals surface area (Å²) in [7, 11) is 0. The Labute approximate surface area is 95.7 Å². The van der Waals surface area contributed by atoms with Crippen LogP contribution in [0, 0.1) is 0 Å². The van der Waals surface area contributed by atoms with Gasteiger partial charge < -0.3 is 4.98 Å². The molecule has 5 heteroatoms. The second-order valence-corrected chi connectivity index (χ2v) is 3.66. The first-order valence-electron chi connectivity index (χ1n) is 4.18. The summed E-state index contributed by atoms with van der Waals surface area (Å²) in [4.78, 5) is 17.8. The Morgan fingerprint density at radius 3 is 2.60 bits per heavy atom. The summed E-state index contributed by atoms with van der Waals surface area (Å²) in [6.07, 6.45) is 0. The Kier molecular flexibility index (Phi) is 2.75. The van der Waals surface area contributed by atoms with E-state index >= 15 is 0 Å². The predicted molar refractivity (Wildman–Crippen MR) is 60.3 cm³/mol. The number of halogens is 2. The number of rotatable bonds is 1. The first kappa shape index (κ1) is 10.2. The maximum atomic E-state index is 11.1. The van der Waals surface area contributed by atoms with Gasteiger partial charge in [-0.05, 0) is 18.2 Å². The number of H-pyrrole nitrogens is 1. The van der Waals surface area contributed by atoms with Crippen molar-refractivity contribution in [1.82, 2.24) is 9.97 Å². The second-order valence-electron chi connectivity index (χ2n) is 2.90. The van der Waals surface area contributed by atoms with E-state index in [4.69, 9.17) is 23.2 Å². The lowest BCUT2D eigenvalue weighted by Gasteiger charge is -2.01. The summed E-state index contributed by atoms with van der Waals surface area (Å²) in [5, 5.41) is 0.609. The molecule has 0 bridgehead atoms. The largest absolute Gasteiger partial charge is 0.321 e. The van der Waals surface area contributed by atoms with Gasteiger partial charge in [0.25, 0.3) is 0 Å². The van der Waals surface area contributed by atoms with Gasteiger partial charge in [-0.3, -0.25) is 4.79 Å². The maximum absolute atomic E-state index is 11.1. The normalized spacial score (nSPS) is 10.3. The van der Waals surface area contributed by atoms with Gasteiger partial charge in [0.1, 0.15) is 5.15 Å². The molecule has 76 valence electrons. The molecular weight excluding hydrogens is 235 g/mol. The molecule has 0 amide bonds. The third kappa shape index (κ3) is 2.19. The number of hydrogen-bond acceptors (Lipinski definition) is 2. The molecule has 0 unspecified atom stereocenters. The Bertz CT molecular complexity index is 551. The average molecular weight is 241 g/mol. The molecule has 0 aliphatic carbocycles. The highest BCUT2D eigenvalue weighted by Crippen LogP contribution is 2.22. The van der Waals surface area contributed by atoms with E-state index in [-0.39, 0.29) is 10.7 Å². The molecule has 0 radical (unpaired) electrons. The lowest BCUT2D eigenvalue weighted by molar-refractivity contribution is 1.20. The van der Waals surface area contributed by atoms with Crippen molar-refractivity contribution in [2.75, 3.05) is 0 Å². The van der Waals surface area contributed by atoms with Crippen molar-refractivity contribution in [3.63, 3.8) is 0 Å². The van der Waals surface area contributed by atoms with Gasteiger partial charge >= 0.3 is 0 Å². The van der Waals surface area contributed by atoms with Crippen LogP contribution in [0.3, 0.4) is 0 Å². The fourth-order valence-corrected chi connectivity index (χ4v) is 1.42. The molecule has 2 heterocycles. The van der Waals surface area contributed by atoms with E-state index < -0.39 is 0 Å². The molecule has 2 rings (SSSR count). The smallest absolute Gasteiger partial charge is 0.248 e. The Morgan fingerprint density at radius 1 is 1.13 bits per heavy atom. The van der Waals surface area contributed by atoms with Crippen molar-refractivity contribution in [3.8, 4) is 11.4 Å². The first-order valence-corrected chi connectivity index (χ1v) is 4.94. The van der Waals surface area contributed by atoms with Crippen LogP contribution in [0.25, 0.3) is 11.4 Å². The molecule has 0 atom stereocenters. The Morgan fingerprint density at radius 2 is 1.93 bits per heavy atom. The van der Waals surface area contributed by atoms with Crippen LogP contribution >= 0.6 is 23.2 Å². The Hall–Kier alpha value is -1.32. The van der Waals surface area contributed by atoms with E-state index in [9.17, 15) is 4.79 Å². The van der Waals surface area contributed by atoms with Gasteiger partial charge in [-0.2, -0.15) is 0 Å². The minimum Gasteiger partial charge on any atom is -0.321 e. The zero-order valence-corrected chi connectivity index (χ0v) is 9.01. The van der Waals surface area contributed by atoms with Crippen LogP contribution in [0.15, 0.2) is 35.1 Å². The van der Waals surface area contributed by atoms with Crippen LogP contribution in [0.5, 0.6) is 0 Å². The third-order valence-electron chi connectivity index (χ3n) is 1.85. The highest BCUT2D eigenvalue weighted by molar-refractivity contribution is 6.41. The van der Waals surface area contributed by atoms with Gasteiger partial charge in [0.2, 0.25) is 5.56 Å². The zero-order chi connectivity index (χ0) is 10.8. The summed E-state index contributed by atoms with van der Waals surface area (Å²) in [5.41, 5.74) is 1.02. The van der Waals surface area contributed by atoms with E-state index in [0.717, 1.165) is 0 Å². The van der Waals surface area contributed by atoms with Gasteiger partial charge in [-0.15, -0.1) is 0 Å². The molecule has 2 aromatic heterocycles. The van der Waals surface area contributed by atoms with Crippen LogP contribution in [-0.4, -0.2) is 9.97 Å². The average Bonchev–Trinajstić information content (AvgIpc) is 2.22. The molecule has 2 aromatic rings. The van der Waals surface area contributed by atoms with Crippen LogP contribution in [0.2, 0.25) is 10.2 Å². The van der Waals surface area contributed by atoms with Crippen molar-refractivity contribution >= 4 is 23.2 Å². The molecule has 3 nitrogen and oxygen atoms in total. The van der Waals surface area contributed by atoms with Crippen LogP contribution < -0.4 is 5.56 Å². The van der Waals surface area contributed by atoms with E-state index in [1.807, 2.05) is 0 Å². The molecule has 0 aromatic carbocycles. The number of nitrogens with one attached hydrogen (secondary N) is 1. The van der Waals surface area contributed by atoms with Crippen LogP contribution in [0.4, 0.5) is 0 Å². The summed E-state index contributed by atoms with van der Waals surface area (Å²) >= 11 is 11.5. The molecular formula is C10H6Cl2N2O. The molecule has 0 aliphatic heterocycles. The fourth-order valence-electron chi connectivity index (χ4n) is 1.16. The van der Waals surface area contributed by atoms with Crippen molar-refractivity contribution in [2.24, 2.45) is 0 Å². The zero-order valence-electron chi connectivity index (χ0n) is 7.50. The number of nitrogens with zero attached hydrogens (tertiary/aromatic N) is 1. The molecule has 0 spiro atoms. The number of aromatic nitrogens is 2. The maximum Gasteiger partial charge on any atom is 0.248 e. The number of aromatic amines is 1. The van der Waals surface area contributed by atoms with Gasteiger partial charge in [0, 0.05) is 6.07 Å². The number of pyridine rings is 2. The van der Waals surface area contributed by atoms with E-state index in [1.165, 1.54) is 6.07 Å². The first-order chi connectivity index (χ1) is 7.16.